The molecule has 1 saturated heterocycles. The first-order valence-corrected chi connectivity index (χ1v) is 10.9. The molecule has 3 aliphatic carbocycles. The fraction of sp³-hybridized carbons (Fsp3) is 1.00. The first-order chi connectivity index (χ1) is 11.2. The topological polar surface area (TPSA) is 3.01 Å². The normalized spacial score (nSPS) is 36.3. The SMILES string of the molecule is CC(CC1CC(C2CCC2)C1)CC(C)C(C1CCCC1)N1CC1. The molecule has 3 atom stereocenters. The van der Waals surface area contributed by atoms with E-state index in [2.05, 4.69) is 18.7 Å². The minimum Gasteiger partial charge on any atom is -0.297 e. The van der Waals surface area contributed by atoms with Gasteiger partial charge in [-0.1, -0.05) is 46.0 Å². The molecule has 0 radical (unpaired) electrons. The first kappa shape index (κ1) is 16.4. The number of nitrogens with zero attached hydrogens (tertiary/aromatic N) is 1. The molecule has 4 rings (SSSR count). The number of hydrogen-bond acceptors (Lipinski definition) is 1. The molecule has 0 N–H and O–H groups in total. The van der Waals surface area contributed by atoms with Crippen molar-refractivity contribution in [1.82, 2.24) is 4.90 Å². The lowest BCUT2D eigenvalue weighted by molar-refractivity contribution is 0.0575. The van der Waals surface area contributed by atoms with E-state index >= 15 is 0 Å². The Kier molecular flexibility index (Phi) is 5.04. The van der Waals surface area contributed by atoms with Gasteiger partial charge in [0.25, 0.3) is 0 Å². The molecule has 132 valence electrons. The van der Waals surface area contributed by atoms with Crippen LogP contribution in [0.1, 0.15) is 84.5 Å². The summed E-state index contributed by atoms with van der Waals surface area (Å²) in [5.74, 6) is 6.30. The summed E-state index contributed by atoms with van der Waals surface area (Å²) in [5, 5.41) is 0. The lowest BCUT2D eigenvalue weighted by Crippen LogP contribution is -2.36. The van der Waals surface area contributed by atoms with Crippen molar-refractivity contribution >= 4 is 0 Å². The fourth-order valence-electron chi connectivity index (χ4n) is 6.49. The summed E-state index contributed by atoms with van der Waals surface area (Å²) in [5.41, 5.74) is 0. The van der Waals surface area contributed by atoms with Crippen LogP contribution in [0.25, 0.3) is 0 Å². The van der Waals surface area contributed by atoms with Crippen LogP contribution in [0.15, 0.2) is 0 Å². The number of hydrogen-bond donors (Lipinski definition) is 0. The molecule has 4 aliphatic rings. The van der Waals surface area contributed by atoms with Gasteiger partial charge in [0, 0.05) is 19.1 Å². The molecule has 0 amide bonds. The standard InChI is InChI=1S/C22H39N/c1-16(13-18-14-21(15-18)19-8-5-9-19)12-17(2)22(23-10-11-23)20-6-3-4-7-20/h16-22H,3-15H2,1-2H3. The molecule has 1 heteroatoms. The summed E-state index contributed by atoms with van der Waals surface area (Å²) < 4.78 is 0. The van der Waals surface area contributed by atoms with Gasteiger partial charge in [-0.25, -0.2) is 0 Å². The highest BCUT2D eigenvalue weighted by Gasteiger charge is 2.40. The van der Waals surface area contributed by atoms with Crippen molar-refractivity contribution in [2.45, 2.75) is 90.5 Å². The van der Waals surface area contributed by atoms with Crippen LogP contribution < -0.4 is 0 Å². The van der Waals surface area contributed by atoms with E-state index in [1.54, 1.807) is 25.7 Å². The highest BCUT2D eigenvalue weighted by molar-refractivity contribution is 4.93. The Hall–Kier alpha value is -0.0400. The van der Waals surface area contributed by atoms with Crippen LogP contribution in [0.2, 0.25) is 0 Å². The second-order valence-electron chi connectivity index (χ2n) is 9.91. The average Bonchev–Trinajstić information content (AvgIpc) is 3.09. The zero-order valence-corrected chi connectivity index (χ0v) is 15.7. The minimum atomic E-state index is 0.929. The van der Waals surface area contributed by atoms with Crippen molar-refractivity contribution in [1.29, 1.82) is 0 Å². The van der Waals surface area contributed by atoms with Crippen molar-refractivity contribution in [2.75, 3.05) is 13.1 Å². The van der Waals surface area contributed by atoms with Gasteiger partial charge in [-0.05, 0) is 74.0 Å². The summed E-state index contributed by atoms with van der Waals surface area (Å²) in [6, 6.07) is 0.934. The molecule has 4 fully saturated rings. The lowest BCUT2D eigenvalue weighted by atomic mass is 9.60. The van der Waals surface area contributed by atoms with Crippen LogP contribution in [0.3, 0.4) is 0 Å². The molecule has 3 unspecified atom stereocenters. The Morgan fingerprint density at radius 1 is 0.870 bits per heavy atom. The summed E-state index contributed by atoms with van der Waals surface area (Å²) >= 11 is 0. The summed E-state index contributed by atoms with van der Waals surface area (Å²) in [7, 11) is 0. The smallest absolute Gasteiger partial charge is 0.0150 e. The van der Waals surface area contributed by atoms with E-state index in [1.807, 2.05) is 0 Å². The molecule has 0 aromatic heterocycles. The van der Waals surface area contributed by atoms with Crippen molar-refractivity contribution in [3.05, 3.63) is 0 Å². The zero-order valence-electron chi connectivity index (χ0n) is 15.7. The van der Waals surface area contributed by atoms with Crippen LogP contribution in [-0.4, -0.2) is 24.0 Å². The van der Waals surface area contributed by atoms with Crippen molar-refractivity contribution < 1.29 is 0 Å². The lowest BCUT2D eigenvalue weighted by Gasteiger charge is -2.45. The van der Waals surface area contributed by atoms with Gasteiger partial charge in [0.1, 0.15) is 0 Å². The molecule has 0 bridgehead atoms. The Morgan fingerprint density at radius 3 is 2.13 bits per heavy atom. The van der Waals surface area contributed by atoms with Crippen molar-refractivity contribution in [3.63, 3.8) is 0 Å². The van der Waals surface area contributed by atoms with Crippen LogP contribution in [0, 0.1) is 35.5 Å². The van der Waals surface area contributed by atoms with Crippen molar-refractivity contribution in [2.24, 2.45) is 35.5 Å². The molecule has 1 aliphatic heterocycles. The molecule has 0 aromatic rings. The summed E-state index contributed by atoms with van der Waals surface area (Å²) in [4.78, 5) is 2.79. The third-order valence-corrected chi connectivity index (χ3v) is 7.97. The quantitative estimate of drug-likeness (QED) is 0.516. The van der Waals surface area contributed by atoms with Crippen molar-refractivity contribution in [3.8, 4) is 0 Å². The highest BCUT2D eigenvalue weighted by Crippen LogP contribution is 2.49. The second kappa shape index (κ2) is 7.06. The summed E-state index contributed by atoms with van der Waals surface area (Å²) in [6.07, 6.45) is 16.9. The van der Waals surface area contributed by atoms with Crippen LogP contribution in [0.5, 0.6) is 0 Å². The van der Waals surface area contributed by atoms with E-state index in [-0.39, 0.29) is 0 Å². The van der Waals surface area contributed by atoms with E-state index in [0.29, 0.717) is 0 Å². The van der Waals surface area contributed by atoms with Crippen LogP contribution in [0.4, 0.5) is 0 Å². The molecule has 1 heterocycles. The molecular formula is C22H39N. The Balaban J connectivity index is 1.20. The van der Waals surface area contributed by atoms with Gasteiger partial charge in [0.15, 0.2) is 0 Å². The molecule has 3 saturated carbocycles. The molecule has 0 aromatic carbocycles. The van der Waals surface area contributed by atoms with Gasteiger partial charge in [-0.15, -0.1) is 0 Å². The number of rotatable bonds is 8. The predicted octanol–water partition coefficient (Wildman–Crippen LogP) is 5.74. The maximum Gasteiger partial charge on any atom is 0.0150 e. The first-order valence-electron chi connectivity index (χ1n) is 10.9. The van der Waals surface area contributed by atoms with Gasteiger partial charge >= 0.3 is 0 Å². The van der Waals surface area contributed by atoms with E-state index in [9.17, 15) is 0 Å². The zero-order chi connectivity index (χ0) is 15.8. The van der Waals surface area contributed by atoms with Gasteiger partial charge < -0.3 is 0 Å². The van der Waals surface area contributed by atoms with Gasteiger partial charge in [-0.2, -0.15) is 0 Å². The van der Waals surface area contributed by atoms with Crippen LogP contribution >= 0.6 is 0 Å². The monoisotopic (exact) mass is 317 g/mol. The third-order valence-electron chi connectivity index (χ3n) is 7.97. The maximum absolute atomic E-state index is 2.79. The minimum absolute atomic E-state index is 0.929. The van der Waals surface area contributed by atoms with Crippen LogP contribution in [-0.2, 0) is 0 Å². The van der Waals surface area contributed by atoms with E-state index < -0.39 is 0 Å². The average molecular weight is 318 g/mol. The fourth-order valence-corrected chi connectivity index (χ4v) is 6.49. The molecular weight excluding hydrogens is 278 g/mol. The van der Waals surface area contributed by atoms with Gasteiger partial charge in [-0.3, -0.25) is 4.90 Å². The highest BCUT2D eigenvalue weighted by atomic mass is 15.3. The molecule has 0 spiro atoms. The Morgan fingerprint density at radius 2 is 1.57 bits per heavy atom. The van der Waals surface area contributed by atoms with Gasteiger partial charge in [0.05, 0.1) is 0 Å². The molecule has 1 nitrogen and oxygen atoms in total. The third kappa shape index (κ3) is 3.80. The second-order valence-corrected chi connectivity index (χ2v) is 9.91. The Bertz CT molecular complexity index is 371. The van der Waals surface area contributed by atoms with E-state index in [1.165, 1.54) is 58.0 Å². The van der Waals surface area contributed by atoms with Gasteiger partial charge in [0.2, 0.25) is 0 Å². The molecule has 23 heavy (non-hydrogen) atoms. The maximum atomic E-state index is 2.79. The van der Waals surface area contributed by atoms with E-state index in [4.69, 9.17) is 0 Å². The predicted molar refractivity (Wildman–Crippen MR) is 98.4 cm³/mol. The van der Waals surface area contributed by atoms with E-state index in [0.717, 1.165) is 41.5 Å². The Labute approximate surface area is 144 Å². The summed E-state index contributed by atoms with van der Waals surface area (Å²) in [6.45, 7) is 7.92. The largest absolute Gasteiger partial charge is 0.297 e.